The van der Waals surface area contributed by atoms with Gasteiger partial charge in [-0.25, -0.2) is 0 Å². The molecule has 0 N–H and O–H groups in total. The van der Waals surface area contributed by atoms with Crippen molar-refractivity contribution < 1.29 is 9.05 Å². The molecule has 0 saturated heterocycles. The number of hydrogen-bond donors (Lipinski definition) is 1. The Hall–Kier alpha value is 2.32. The van der Waals surface area contributed by atoms with E-state index in [1.54, 1.807) is 0 Å². The summed E-state index contributed by atoms with van der Waals surface area (Å²) in [4.78, 5) is 0. The smallest absolute Gasteiger partial charge is 0.244 e. The van der Waals surface area contributed by atoms with E-state index in [1.807, 2.05) is 0 Å². The number of hydrogen-bond acceptors (Lipinski definition) is 3. The molecule has 0 aromatic heterocycles. The predicted molar refractivity (Wildman–Crippen MR) is 125 cm³/mol. The molecule has 0 heterocycles. The molecule has 0 bridgehead atoms. The van der Waals surface area contributed by atoms with Gasteiger partial charge in [0, 0.05) is 0 Å². The van der Waals surface area contributed by atoms with Crippen LogP contribution in [0.15, 0.2) is 0 Å². The fraction of sp³-hybridized carbons (Fsp3) is 1.00. The zero-order chi connectivity index (χ0) is 13.3. The first kappa shape index (κ1) is 34.6. The molecule has 0 fully saturated rings. The predicted octanol–water partition coefficient (Wildman–Crippen LogP) is 5.50. The molecule has 0 saturated carbocycles. The van der Waals surface area contributed by atoms with Crippen molar-refractivity contribution in [1.29, 1.82) is 0 Å². The van der Waals surface area contributed by atoms with Crippen molar-refractivity contribution in [2.24, 2.45) is 11.8 Å². The summed E-state index contributed by atoms with van der Waals surface area (Å²) in [5.41, 5.74) is -2.28. The van der Waals surface area contributed by atoms with E-state index in [4.69, 9.17) is 20.9 Å². The highest BCUT2D eigenvalue weighted by Gasteiger charge is 2.12. The van der Waals surface area contributed by atoms with Gasteiger partial charge in [0.25, 0.3) is 0 Å². The zero-order valence-corrected chi connectivity index (χ0v) is 20.1. The molecule has 0 unspecified atom stereocenters. The fourth-order valence-corrected chi connectivity index (χ4v) is 3.11. The maximum Gasteiger partial charge on any atom is 0.244 e. The van der Waals surface area contributed by atoms with E-state index in [9.17, 15) is 0 Å². The van der Waals surface area contributed by atoms with Gasteiger partial charge >= 0.3 is 0 Å². The van der Waals surface area contributed by atoms with Crippen molar-refractivity contribution in [3.8, 4) is 0 Å². The number of thiol groups is 1. The molecule has 2 nitrogen and oxygen atoms in total. The Balaban J connectivity index is -0.000000213. The second-order valence-electron chi connectivity index (χ2n) is 5.21. The molecule has 136 valence electrons. The molecule has 0 spiro atoms. The van der Waals surface area contributed by atoms with Crippen LogP contribution in [0, 0.1) is 11.8 Å². The van der Waals surface area contributed by atoms with Gasteiger partial charge in [0.2, 0.25) is 5.69 Å². The van der Waals surface area contributed by atoms with Crippen LogP contribution in [0.1, 0.15) is 53.4 Å². The summed E-state index contributed by atoms with van der Waals surface area (Å²) in [5.74, 6) is 1.42. The van der Waals surface area contributed by atoms with Crippen LogP contribution >= 0.6 is 71.9 Å². The lowest BCUT2D eigenvalue weighted by Gasteiger charge is -2.17. The Labute approximate surface area is 170 Å². The first-order valence-corrected chi connectivity index (χ1v) is 10.2. The van der Waals surface area contributed by atoms with Crippen molar-refractivity contribution >= 4 is 83.7 Å². The Morgan fingerprint density at radius 3 is 1.33 bits per heavy atom. The van der Waals surface area contributed by atoms with E-state index in [1.165, 1.54) is 0 Å². The highest BCUT2D eigenvalue weighted by molar-refractivity contribution is 8.60. The van der Waals surface area contributed by atoms with Crippen LogP contribution < -0.4 is 0 Å². The maximum atomic E-state index is 5.55. The summed E-state index contributed by atoms with van der Waals surface area (Å²) in [7, 11) is 0. The molecule has 0 aliphatic carbocycles. The second-order valence-corrected chi connectivity index (χ2v) is 10.5. The Morgan fingerprint density at radius 2 is 1.10 bits per heavy atom. The Morgan fingerprint density at radius 1 is 0.810 bits per heavy atom. The summed E-state index contributed by atoms with van der Waals surface area (Å²) < 4.78 is 11.1. The van der Waals surface area contributed by atoms with Gasteiger partial charge in [-0.05, 0) is 49.3 Å². The van der Waals surface area contributed by atoms with Gasteiger partial charge in [-0.3, -0.25) is 0 Å². The minimum Gasteiger partial charge on any atom is -0.322 e. The lowest BCUT2D eigenvalue weighted by molar-refractivity contribution is 0.245. The SMILES string of the molecule is CC(C)CCCOP(=S)(S)OCCCC(C)C.S.S.S.S. The molecule has 0 radical (unpaired) electrons. The minimum atomic E-state index is -2.28. The van der Waals surface area contributed by atoms with Crippen LogP contribution in [0.2, 0.25) is 0 Å². The van der Waals surface area contributed by atoms with Crippen LogP contribution in [0.5, 0.6) is 0 Å². The molecule has 0 aromatic rings. The number of rotatable bonds is 10. The Bertz CT molecular complexity index is 222. The molecule has 9 heteroatoms. The third kappa shape index (κ3) is 27.5. The average Bonchev–Trinajstić information content (AvgIpc) is 2.19. The van der Waals surface area contributed by atoms with Gasteiger partial charge in [-0.2, -0.15) is 54.0 Å². The van der Waals surface area contributed by atoms with E-state index in [2.05, 4.69) is 39.9 Å². The lowest BCUT2D eigenvalue weighted by Crippen LogP contribution is -1.98. The third-order valence-electron chi connectivity index (χ3n) is 2.36. The van der Waals surface area contributed by atoms with E-state index in [-0.39, 0.29) is 54.0 Å². The standard InChI is InChI=1S/C12H27O2PS2.4H2S/c1-11(2)7-5-9-13-15(16,17)14-10-6-8-12(3)4;;;;/h11-12H,5-10H2,1-4H3,(H,16,17);4*1H2. The van der Waals surface area contributed by atoms with Gasteiger partial charge in [0.05, 0.1) is 13.2 Å². The summed E-state index contributed by atoms with van der Waals surface area (Å²) in [6.07, 6.45) is 4.39. The van der Waals surface area contributed by atoms with E-state index >= 15 is 0 Å². The molecular formula is C12H35O2PS6. The third-order valence-corrected chi connectivity index (χ3v) is 4.70. The largest absolute Gasteiger partial charge is 0.322 e. The van der Waals surface area contributed by atoms with E-state index < -0.39 is 5.69 Å². The topological polar surface area (TPSA) is 18.5 Å². The van der Waals surface area contributed by atoms with Crippen molar-refractivity contribution in [3.63, 3.8) is 0 Å². The van der Waals surface area contributed by atoms with E-state index in [0.717, 1.165) is 25.7 Å². The summed E-state index contributed by atoms with van der Waals surface area (Å²) in [5, 5.41) is 0. The molecule has 0 amide bonds. The quantitative estimate of drug-likeness (QED) is 0.278. The molecular weight excluding hydrogens is 400 g/mol. The molecule has 0 rings (SSSR count). The molecule has 0 aromatic carbocycles. The van der Waals surface area contributed by atoms with Crippen molar-refractivity contribution in [2.45, 2.75) is 53.4 Å². The Kier molecular flexibility index (Phi) is 33.6. The van der Waals surface area contributed by atoms with Gasteiger partial charge in [0.1, 0.15) is 0 Å². The highest BCUT2D eigenvalue weighted by Crippen LogP contribution is 2.53. The summed E-state index contributed by atoms with van der Waals surface area (Å²) in [6.45, 7) is 10.2. The zero-order valence-electron chi connectivity index (χ0n) is 13.5. The molecule has 0 atom stereocenters. The van der Waals surface area contributed by atoms with Gasteiger partial charge in [0.15, 0.2) is 0 Å². The summed E-state index contributed by atoms with van der Waals surface area (Å²) in [6, 6.07) is 0. The van der Waals surface area contributed by atoms with Gasteiger partial charge in [-0.15, -0.1) is 0 Å². The normalized spacial score (nSPS) is 10.2. The molecule has 0 aliphatic rings. The fourth-order valence-electron chi connectivity index (χ4n) is 1.38. The first-order valence-electron chi connectivity index (χ1n) is 6.45. The van der Waals surface area contributed by atoms with E-state index in [0.29, 0.717) is 25.0 Å². The van der Waals surface area contributed by atoms with Crippen molar-refractivity contribution in [2.75, 3.05) is 13.2 Å². The van der Waals surface area contributed by atoms with Crippen molar-refractivity contribution in [1.82, 2.24) is 0 Å². The van der Waals surface area contributed by atoms with Crippen LogP contribution in [0.25, 0.3) is 0 Å². The van der Waals surface area contributed by atoms with Crippen LogP contribution in [-0.2, 0) is 20.9 Å². The van der Waals surface area contributed by atoms with Gasteiger partial charge < -0.3 is 9.05 Å². The summed E-state index contributed by atoms with van der Waals surface area (Å²) >= 11 is 9.55. The van der Waals surface area contributed by atoms with Gasteiger partial charge in [-0.1, -0.05) is 39.9 Å². The second kappa shape index (κ2) is 20.4. The monoisotopic (exact) mass is 434 g/mol. The highest BCUT2D eigenvalue weighted by atomic mass is 32.9. The van der Waals surface area contributed by atoms with Crippen molar-refractivity contribution in [3.05, 3.63) is 0 Å². The lowest BCUT2D eigenvalue weighted by atomic mass is 10.1. The van der Waals surface area contributed by atoms with Crippen LogP contribution in [0.3, 0.4) is 0 Å². The average molecular weight is 435 g/mol. The van der Waals surface area contributed by atoms with Crippen LogP contribution in [-0.4, -0.2) is 13.2 Å². The maximum absolute atomic E-state index is 5.55. The van der Waals surface area contributed by atoms with Crippen LogP contribution in [0.4, 0.5) is 0 Å². The minimum absolute atomic E-state index is 0. The molecule has 21 heavy (non-hydrogen) atoms. The molecule has 0 aliphatic heterocycles. The first-order chi connectivity index (χ1) is 7.83.